The van der Waals surface area contributed by atoms with Crippen molar-refractivity contribution in [3.05, 3.63) is 82.0 Å². The third-order valence-corrected chi connectivity index (χ3v) is 6.68. The van der Waals surface area contributed by atoms with E-state index in [0.29, 0.717) is 41.3 Å². The smallest absolute Gasteiger partial charge is 0.410 e. The maximum atomic E-state index is 12.7. The van der Waals surface area contributed by atoms with E-state index in [9.17, 15) is 9.59 Å². The van der Waals surface area contributed by atoms with Gasteiger partial charge in [0, 0.05) is 24.6 Å². The minimum absolute atomic E-state index is 0.0121. The average molecular weight is 551 g/mol. The standard InChI is InChI=1S/C29H31BrN2O4/c1-29(2,3)36-28(34)32-15-9-12-21(17-32)23-16-25(31-27(30)24(23)18-33)22-13-7-8-14-26(22)35-19-20-10-5-4-6-11-20/h4-8,10-11,13-14,16,18,21H,9,12,15,17,19H2,1-3H3. The summed E-state index contributed by atoms with van der Waals surface area (Å²) >= 11 is 3.52. The topological polar surface area (TPSA) is 68.7 Å². The van der Waals surface area contributed by atoms with Gasteiger partial charge in [0.25, 0.3) is 0 Å². The maximum Gasteiger partial charge on any atom is 0.410 e. The fourth-order valence-electron chi connectivity index (χ4n) is 4.40. The van der Waals surface area contributed by atoms with Crippen LogP contribution in [0.4, 0.5) is 4.79 Å². The van der Waals surface area contributed by atoms with Crippen molar-refractivity contribution >= 4 is 28.3 Å². The molecule has 0 aliphatic carbocycles. The first kappa shape index (κ1) is 25.9. The summed E-state index contributed by atoms with van der Waals surface area (Å²) in [6.07, 6.45) is 2.20. The number of halogens is 1. The van der Waals surface area contributed by atoms with Crippen LogP contribution in [-0.2, 0) is 11.3 Å². The third-order valence-electron chi connectivity index (χ3n) is 6.08. The second-order valence-corrected chi connectivity index (χ2v) is 10.7. The Balaban J connectivity index is 1.64. The zero-order valence-corrected chi connectivity index (χ0v) is 22.5. The zero-order chi connectivity index (χ0) is 25.7. The summed E-state index contributed by atoms with van der Waals surface area (Å²) in [4.78, 5) is 31.2. The van der Waals surface area contributed by atoms with Gasteiger partial charge in [-0.1, -0.05) is 42.5 Å². The number of piperidine rings is 1. The van der Waals surface area contributed by atoms with Gasteiger partial charge in [-0.2, -0.15) is 0 Å². The zero-order valence-electron chi connectivity index (χ0n) is 20.9. The monoisotopic (exact) mass is 550 g/mol. The molecular weight excluding hydrogens is 520 g/mol. The molecule has 1 amide bonds. The van der Waals surface area contributed by atoms with Gasteiger partial charge in [0.05, 0.1) is 11.3 Å². The van der Waals surface area contributed by atoms with Crippen molar-refractivity contribution in [1.29, 1.82) is 0 Å². The molecule has 1 aromatic heterocycles. The van der Waals surface area contributed by atoms with Gasteiger partial charge in [-0.15, -0.1) is 0 Å². The van der Waals surface area contributed by atoms with Gasteiger partial charge in [-0.3, -0.25) is 4.79 Å². The lowest BCUT2D eigenvalue weighted by atomic mass is 9.87. The molecule has 1 unspecified atom stereocenters. The lowest BCUT2D eigenvalue weighted by Gasteiger charge is -2.35. The van der Waals surface area contributed by atoms with Crippen molar-refractivity contribution in [2.45, 2.75) is 51.7 Å². The lowest BCUT2D eigenvalue weighted by molar-refractivity contribution is 0.0198. The first-order valence-electron chi connectivity index (χ1n) is 12.1. The minimum Gasteiger partial charge on any atom is -0.488 e. The van der Waals surface area contributed by atoms with E-state index >= 15 is 0 Å². The average Bonchev–Trinajstić information content (AvgIpc) is 2.87. The number of hydrogen-bond acceptors (Lipinski definition) is 5. The quantitative estimate of drug-likeness (QED) is 0.243. The normalized spacial score (nSPS) is 15.9. The highest BCUT2D eigenvalue weighted by atomic mass is 79.9. The van der Waals surface area contributed by atoms with Crippen LogP contribution in [0.2, 0.25) is 0 Å². The number of nitrogens with zero attached hydrogens (tertiary/aromatic N) is 2. The largest absolute Gasteiger partial charge is 0.488 e. The van der Waals surface area contributed by atoms with Crippen LogP contribution in [0, 0.1) is 0 Å². The van der Waals surface area contributed by atoms with Crippen LogP contribution >= 0.6 is 15.9 Å². The van der Waals surface area contributed by atoms with Gasteiger partial charge in [0.15, 0.2) is 6.29 Å². The number of benzene rings is 2. The Morgan fingerprint density at radius 2 is 1.86 bits per heavy atom. The molecule has 2 aromatic carbocycles. The molecule has 1 fully saturated rings. The minimum atomic E-state index is -0.561. The summed E-state index contributed by atoms with van der Waals surface area (Å²) in [6, 6.07) is 19.7. The number of para-hydroxylation sites is 1. The van der Waals surface area contributed by atoms with Crippen molar-refractivity contribution in [2.75, 3.05) is 13.1 Å². The molecule has 0 saturated carbocycles. The molecule has 3 aromatic rings. The van der Waals surface area contributed by atoms with Crippen LogP contribution in [0.3, 0.4) is 0 Å². The Hall–Kier alpha value is -3.19. The van der Waals surface area contributed by atoms with E-state index in [4.69, 9.17) is 9.47 Å². The molecule has 0 bridgehead atoms. The number of carbonyl (C=O) groups is 2. The Kier molecular flexibility index (Phi) is 8.09. The van der Waals surface area contributed by atoms with Crippen molar-refractivity contribution in [3.63, 3.8) is 0 Å². The van der Waals surface area contributed by atoms with Gasteiger partial charge in [-0.25, -0.2) is 9.78 Å². The number of hydrogen-bond donors (Lipinski definition) is 0. The summed E-state index contributed by atoms with van der Waals surface area (Å²) in [5, 5.41) is 0. The van der Waals surface area contributed by atoms with E-state index < -0.39 is 5.60 Å². The molecule has 6 nitrogen and oxygen atoms in total. The molecule has 36 heavy (non-hydrogen) atoms. The van der Waals surface area contributed by atoms with Crippen LogP contribution in [0.15, 0.2) is 65.3 Å². The number of rotatable bonds is 6. The molecule has 0 N–H and O–H groups in total. The van der Waals surface area contributed by atoms with Gasteiger partial charge in [0.2, 0.25) is 0 Å². The number of carbonyl (C=O) groups excluding carboxylic acids is 2. The van der Waals surface area contributed by atoms with E-state index in [1.165, 1.54) is 0 Å². The summed E-state index contributed by atoms with van der Waals surface area (Å²) in [5.74, 6) is 0.700. The Morgan fingerprint density at radius 1 is 1.14 bits per heavy atom. The fourth-order valence-corrected chi connectivity index (χ4v) is 4.91. The van der Waals surface area contributed by atoms with Crippen LogP contribution in [-0.4, -0.2) is 41.0 Å². The van der Waals surface area contributed by atoms with Crippen LogP contribution < -0.4 is 4.74 Å². The molecule has 0 radical (unpaired) electrons. The van der Waals surface area contributed by atoms with E-state index in [0.717, 1.165) is 35.8 Å². The van der Waals surface area contributed by atoms with Crippen LogP contribution in [0.25, 0.3) is 11.3 Å². The summed E-state index contributed by atoms with van der Waals surface area (Å²) < 4.78 is 12.2. The number of pyridine rings is 1. The van der Waals surface area contributed by atoms with E-state index in [2.05, 4.69) is 20.9 Å². The molecule has 188 valence electrons. The molecule has 1 atom stereocenters. The molecule has 1 aliphatic rings. The molecule has 4 rings (SSSR count). The number of aldehydes is 1. The Bertz CT molecular complexity index is 1220. The van der Waals surface area contributed by atoms with Crippen LogP contribution in [0.1, 0.15) is 61.0 Å². The number of aromatic nitrogens is 1. The summed E-state index contributed by atoms with van der Waals surface area (Å²) in [5.41, 5.74) is 3.44. The molecule has 1 aliphatic heterocycles. The van der Waals surface area contributed by atoms with E-state index in [1.54, 1.807) is 4.90 Å². The highest BCUT2D eigenvalue weighted by molar-refractivity contribution is 9.10. The first-order chi connectivity index (χ1) is 17.2. The first-order valence-corrected chi connectivity index (χ1v) is 12.9. The number of likely N-dealkylation sites (tertiary alicyclic amines) is 1. The van der Waals surface area contributed by atoms with Gasteiger partial charge in [0.1, 0.15) is 22.6 Å². The van der Waals surface area contributed by atoms with Crippen LogP contribution in [0.5, 0.6) is 5.75 Å². The summed E-state index contributed by atoms with van der Waals surface area (Å²) in [7, 11) is 0. The van der Waals surface area contributed by atoms with Gasteiger partial charge >= 0.3 is 6.09 Å². The highest BCUT2D eigenvalue weighted by Gasteiger charge is 2.30. The molecule has 1 saturated heterocycles. The van der Waals surface area contributed by atoms with Crippen molar-refractivity contribution in [2.24, 2.45) is 0 Å². The predicted octanol–water partition coefficient (Wildman–Crippen LogP) is 7.02. The third kappa shape index (κ3) is 6.32. The maximum absolute atomic E-state index is 12.7. The molecule has 0 spiro atoms. The highest BCUT2D eigenvalue weighted by Crippen LogP contribution is 2.37. The van der Waals surface area contributed by atoms with E-state index in [-0.39, 0.29) is 12.0 Å². The fraction of sp³-hybridized carbons (Fsp3) is 0.345. The van der Waals surface area contributed by atoms with Crippen molar-refractivity contribution in [3.8, 4) is 17.0 Å². The second kappa shape index (κ2) is 11.2. The van der Waals surface area contributed by atoms with E-state index in [1.807, 2.05) is 81.4 Å². The van der Waals surface area contributed by atoms with Gasteiger partial charge < -0.3 is 14.4 Å². The Labute approximate surface area is 220 Å². The number of ether oxygens (including phenoxy) is 2. The molecule has 7 heteroatoms. The SMILES string of the molecule is CC(C)(C)OC(=O)N1CCCC(c2cc(-c3ccccc3OCc3ccccc3)nc(Br)c2C=O)C1. The Morgan fingerprint density at radius 3 is 2.58 bits per heavy atom. The molecular formula is C29H31BrN2O4. The van der Waals surface area contributed by atoms with Crippen molar-refractivity contribution < 1.29 is 19.1 Å². The van der Waals surface area contributed by atoms with Gasteiger partial charge in [-0.05, 0) is 78.9 Å². The molecule has 2 heterocycles. The predicted molar refractivity (Wildman–Crippen MR) is 143 cm³/mol. The van der Waals surface area contributed by atoms with Crippen molar-refractivity contribution in [1.82, 2.24) is 9.88 Å². The summed E-state index contributed by atoms with van der Waals surface area (Å²) in [6.45, 7) is 7.14. The lowest BCUT2D eigenvalue weighted by Crippen LogP contribution is -2.42. The number of amides is 1. The second-order valence-electron chi connectivity index (χ2n) is 9.96.